The number of rotatable bonds is 10. The van der Waals surface area contributed by atoms with Crippen LogP contribution in [0.15, 0.2) is 29.3 Å². The molecule has 2 fully saturated rings. The molecule has 1 aromatic rings. The Balaban J connectivity index is 1.39. The van der Waals surface area contributed by atoms with E-state index in [0.717, 1.165) is 70.9 Å². The fraction of sp³-hybridized carbons (Fsp3) is 0.667. The van der Waals surface area contributed by atoms with E-state index in [4.69, 9.17) is 14.5 Å². The fourth-order valence-corrected chi connectivity index (χ4v) is 3.06. The third-order valence-corrected chi connectivity index (χ3v) is 4.88. The zero-order chi connectivity index (χ0) is 18.7. The Labute approximate surface area is 163 Å². The molecule has 2 N–H and O–H groups in total. The Kier molecular flexibility index (Phi) is 8.24. The molecule has 2 aliphatic rings. The molecular weight excluding hydrogens is 340 g/mol. The normalized spacial score (nSPS) is 17.8. The van der Waals surface area contributed by atoms with E-state index in [2.05, 4.69) is 46.7 Å². The molecule has 0 radical (unpaired) electrons. The monoisotopic (exact) mass is 374 g/mol. The maximum Gasteiger partial charge on any atom is 0.191 e. The number of morpholine rings is 1. The largest absolute Gasteiger partial charge is 0.381 e. The van der Waals surface area contributed by atoms with Crippen LogP contribution >= 0.6 is 0 Å². The Morgan fingerprint density at radius 2 is 1.96 bits per heavy atom. The van der Waals surface area contributed by atoms with Gasteiger partial charge in [0.2, 0.25) is 0 Å². The van der Waals surface area contributed by atoms with E-state index < -0.39 is 0 Å². The molecule has 1 heterocycles. The summed E-state index contributed by atoms with van der Waals surface area (Å²) in [7, 11) is 0. The predicted molar refractivity (Wildman–Crippen MR) is 110 cm³/mol. The van der Waals surface area contributed by atoms with Crippen LogP contribution in [0.2, 0.25) is 0 Å². The predicted octanol–water partition coefficient (Wildman–Crippen LogP) is 2.40. The summed E-state index contributed by atoms with van der Waals surface area (Å²) < 4.78 is 11.1. The van der Waals surface area contributed by atoms with Gasteiger partial charge in [-0.2, -0.15) is 0 Å². The first-order valence-electron chi connectivity index (χ1n) is 10.4. The van der Waals surface area contributed by atoms with E-state index in [1.54, 1.807) is 0 Å². The first-order chi connectivity index (χ1) is 13.3. The van der Waals surface area contributed by atoms with Gasteiger partial charge in [0.05, 0.1) is 19.8 Å². The Bertz CT molecular complexity index is 566. The van der Waals surface area contributed by atoms with Crippen LogP contribution in [0.3, 0.4) is 0 Å². The lowest BCUT2D eigenvalue weighted by Gasteiger charge is -2.28. The summed E-state index contributed by atoms with van der Waals surface area (Å²) in [4.78, 5) is 7.07. The SMILES string of the molecule is CCNC(=NCc1ccc(N2CCOCC2)cc1)NCCCOCC1CC1. The second-order valence-electron chi connectivity index (χ2n) is 7.26. The summed E-state index contributed by atoms with van der Waals surface area (Å²) in [5.41, 5.74) is 2.49. The second kappa shape index (κ2) is 11.1. The van der Waals surface area contributed by atoms with Crippen molar-refractivity contribution in [3.63, 3.8) is 0 Å². The summed E-state index contributed by atoms with van der Waals surface area (Å²) >= 11 is 0. The van der Waals surface area contributed by atoms with Crippen LogP contribution in [-0.4, -0.2) is 58.6 Å². The molecule has 1 aliphatic heterocycles. The Hall–Kier alpha value is -1.79. The minimum absolute atomic E-state index is 0.677. The highest BCUT2D eigenvalue weighted by Crippen LogP contribution is 2.28. The van der Waals surface area contributed by atoms with Gasteiger partial charge in [-0.25, -0.2) is 4.99 Å². The minimum Gasteiger partial charge on any atom is -0.381 e. The molecule has 1 saturated carbocycles. The number of benzene rings is 1. The standard InChI is InChI=1S/C21H34N4O2/c1-2-22-21(23-10-3-13-27-17-19-4-5-19)24-16-18-6-8-20(9-7-18)25-11-14-26-15-12-25/h6-9,19H,2-5,10-17H2,1H3,(H2,22,23,24). The number of nitrogens with zero attached hydrogens (tertiary/aromatic N) is 2. The lowest BCUT2D eigenvalue weighted by Crippen LogP contribution is -2.38. The van der Waals surface area contributed by atoms with Gasteiger partial charge in [0.1, 0.15) is 0 Å². The second-order valence-corrected chi connectivity index (χ2v) is 7.26. The van der Waals surface area contributed by atoms with Gasteiger partial charge in [-0.3, -0.25) is 0 Å². The molecule has 1 aromatic carbocycles. The van der Waals surface area contributed by atoms with Gasteiger partial charge in [0.25, 0.3) is 0 Å². The highest BCUT2D eigenvalue weighted by atomic mass is 16.5. The first-order valence-corrected chi connectivity index (χ1v) is 10.4. The highest BCUT2D eigenvalue weighted by molar-refractivity contribution is 5.79. The molecule has 0 bridgehead atoms. The zero-order valence-corrected chi connectivity index (χ0v) is 16.6. The van der Waals surface area contributed by atoms with Crippen LogP contribution in [0, 0.1) is 5.92 Å². The van der Waals surface area contributed by atoms with Crippen molar-refractivity contribution in [1.29, 1.82) is 0 Å². The van der Waals surface area contributed by atoms with E-state index in [1.165, 1.54) is 24.1 Å². The molecule has 6 heteroatoms. The van der Waals surface area contributed by atoms with Gasteiger partial charge in [-0.15, -0.1) is 0 Å². The van der Waals surface area contributed by atoms with Crippen LogP contribution in [-0.2, 0) is 16.0 Å². The summed E-state index contributed by atoms with van der Waals surface area (Å²) in [6.07, 6.45) is 3.71. The summed E-state index contributed by atoms with van der Waals surface area (Å²) in [6.45, 7) is 9.84. The Morgan fingerprint density at radius 3 is 2.67 bits per heavy atom. The van der Waals surface area contributed by atoms with Gasteiger partial charge in [0, 0.05) is 45.1 Å². The molecule has 0 spiro atoms. The third-order valence-electron chi connectivity index (χ3n) is 4.88. The molecule has 27 heavy (non-hydrogen) atoms. The molecule has 1 saturated heterocycles. The van der Waals surface area contributed by atoms with E-state index >= 15 is 0 Å². The highest BCUT2D eigenvalue weighted by Gasteiger charge is 2.20. The topological polar surface area (TPSA) is 58.1 Å². The minimum atomic E-state index is 0.677. The zero-order valence-electron chi connectivity index (χ0n) is 16.6. The number of anilines is 1. The molecule has 0 aromatic heterocycles. The number of hydrogen-bond donors (Lipinski definition) is 2. The van der Waals surface area contributed by atoms with Gasteiger partial charge < -0.3 is 25.0 Å². The van der Waals surface area contributed by atoms with Crippen molar-refractivity contribution >= 4 is 11.6 Å². The Morgan fingerprint density at radius 1 is 1.19 bits per heavy atom. The van der Waals surface area contributed by atoms with Crippen molar-refractivity contribution in [2.75, 3.05) is 57.5 Å². The lowest BCUT2D eigenvalue weighted by molar-refractivity contribution is 0.122. The van der Waals surface area contributed by atoms with E-state index in [1.807, 2.05) is 0 Å². The summed E-state index contributed by atoms with van der Waals surface area (Å²) in [5, 5.41) is 6.71. The maximum atomic E-state index is 5.68. The van der Waals surface area contributed by atoms with Gasteiger partial charge in [-0.05, 0) is 49.8 Å². The van der Waals surface area contributed by atoms with Crippen molar-refractivity contribution < 1.29 is 9.47 Å². The van der Waals surface area contributed by atoms with E-state index in [0.29, 0.717) is 6.54 Å². The van der Waals surface area contributed by atoms with Gasteiger partial charge >= 0.3 is 0 Å². The van der Waals surface area contributed by atoms with Gasteiger partial charge in [0.15, 0.2) is 5.96 Å². The average Bonchev–Trinajstić information content (AvgIpc) is 3.54. The van der Waals surface area contributed by atoms with Crippen molar-refractivity contribution in [3.8, 4) is 0 Å². The van der Waals surface area contributed by atoms with Crippen molar-refractivity contribution in [3.05, 3.63) is 29.8 Å². The van der Waals surface area contributed by atoms with Crippen LogP contribution < -0.4 is 15.5 Å². The number of nitrogens with one attached hydrogen (secondary N) is 2. The van der Waals surface area contributed by atoms with Crippen molar-refractivity contribution in [2.24, 2.45) is 10.9 Å². The molecule has 3 rings (SSSR count). The number of aliphatic imine (C=N–C) groups is 1. The van der Waals surface area contributed by atoms with Crippen LogP contribution in [0.1, 0.15) is 31.7 Å². The number of ether oxygens (including phenoxy) is 2. The van der Waals surface area contributed by atoms with Crippen molar-refractivity contribution in [2.45, 2.75) is 32.7 Å². The lowest BCUT2D eigenvalue weighted by atomic mass is 10.2. The van der Waals surface area contributed by atoms with E-state index in [-0.39, 0.29) is 0 Å². The molecule has 1 aliphatic carbocycles. The third kappa shape index (κ3) is 7.39. The van der Waals surface area contributed by atoms with Crippen molar-refractivity contribution in [1.82, 2.24) is 10.6 Å². The average molecular weight is 375 g/mol. The molecule has 0 amide bonds. The molecule has 150 valence electrons. The van der Waals surface area contributed by atoms with Crippen LogP contribution in [0.4, 0.5) is 5.69 Å². The fourth-order valence-electron chi connectivity index (χ4n) is 3.06. The molecule has 6 nitrogen and oxygen atoms in total. The number of guanidine groups is 1. The van der Waals surface area contributed by atoms with Crippen LogP contribution in [0.25, 0.3) is 0 Å². The van der Waals surface area contributed by atoms with Crippen LogP contribution in [0.5, 0.6) is 0 Å². The summed E-state index contributed by atoms with van der Waals surface area (Å²) in [5.74, 6) is 1.71. The molecular formula is C21H34N4O2. The molecule has 0 atom stereocenters. The first kappa shape index (κ1) is 20.0. The van der Waals surface area contributed by atoms with E-state index in [9.17, 15) is 0 Å². The molecule has 0 unspecified atom stereocenters. The van der Waals surface area contributed by atoms with Gasteiger partial charge in [-0.1, -0.05) is 12.1 Å². The smallest absolute Gasteiger partial charge is 0.191 e. The number of hydrogen-bond acceptors (Lipinski definition) is 4. The quantitative estimate of drug-likeness (QED) is 0.374. The maximum absolute atomic E-state index is 5.68. The summed E-state index contributed by atoms with van der Waals surface area (Å²) in [6, 6.07) is 8.72.